The van der Waals surface area contributed by atoms with Gasteiger partial charge in [-0.25, -0.2) is 0 Å². The largest absolute Gasteiger partial charge is 0.495 e. The Morgan fingerprint density at radius 2 is 1.94 bits per heavy atom. The third kappa shape index (κ3) is 2.64. The smallest absolute Gasteiger partial charge is 0.244 e. The molecule has 3 N–H and O–H groups in total. The number of nitrogens with two attached hydrogens (primary N) is 1. The highest BCUT2D eigenvalue weighted by atomic mass is 16.5. The normalized spacial score (nSPS) is 18.1. The molecule has 2 rings (SSSR count). The summed E-state index contributed by atoms with van der Waals surface area (Å²) >= 11 is 0. The summed E-state index contributed by atoms with van der Waals surface area (Å²) in [6.07, 6.45) is 4.73. The molecule has 0 aromatic heterocycles. The number of rotatable bonds is 3. The van der Waals surface area contributed by atoms with Gasteiger partial charge in [0.05, 0.1) is 18.3 Å². The molecule has 0 aliphatic heterocycles. The van der Waals surface area contributed by atoms with Crippen molar-refractivity contribution in [2.24, 2.45) is 5.73 Å². The molecule has 18 heavy (non-hydrogen) atoms. The van der Waals surface area contributed by atoms with E-state index in [-0.39, 0.29) is 5.91 Å². The van der Waals surface area contributed by atoms with Gasteiger partial charge >= 0.3 is 0 Å². The number of anilines is 1. The Bertz CT molecular complexity index is 426. The molecule has 1 saturated carbocycles. The molecule has 0 bridgehead atoms. The summed E-state index contributed by atoms with van der Waals surface area (Å²) in [5, 5.41) is 2.88. The lowest BCUT2D eigenvalue weighted by Gasteiger charge is -2.31. The molecule has 0 spiro atoms. The van der Waals surface area contributed by atoms with E-state index in [2.05, 4.69) is 5.32 Å². The summed E-state index contributed by atoms with van der Waals surface area (Å²) in [7, 11) is 1.59. The van der Waals surface area contributed by atoms with Crippen molar-refractivity contribution in [1.29, 1.82) is 0 Å². The molecule has 1 aromatic rings. The van der Waals surface area contributed by atoms with Crippen molar-refractivity contribution in [3.05, 3.63) is 24.3 Å². The Balaban J connectivity index is 2.10. The van der Waals surface area contributed by atoms with Crippen LogP contribution in [0.1, 0.15) is 32.1 Å². The molecule has 0 heterocycles. The van der Waals surface area contributed by atoms with Crippen LogP contribution >= 0.6 is 0 Å². The highest BCUT2D eigenvalue weighted by Gasteiger charge is 2.35. The summed E-state index contributed by atoms with van der Waals surface area (Å²) in [5.41, 5.74) is 6.15. The first-order valence-corrected chi connectivity index (χ1v) is 6.39. The number of nitrogens with one attached hydrogen (secondary N) is 1. The van der Waals surface area contributed by atoms with Crippen molar-refractivity contribution in [1.82, 2.24) is 0 Å². The zero-order chi connectivity index (χ0) is 13.0. The van der Waals surface area contributed by atoms with E-state index in [1.54, 1.807) is 7.11 Å². The molecule has 4 nitrogen and oxygen atoms in total. The second-order valence-corrected chi connectivity index (χ2v) is 4.87. The quantitative estimate of drug-likeness (QED) is 0.862. The molecular formula is C14H20N2O2. The van der Waals surface area contributed by atoms with Crippen LogP contribution < -0.4 is 15.8 Å². The van der Waals surface area contributed by atoms with Crippen molar-refractivity contribution in [3.8, 4) is 5.75 Å². The average Bonchev–Trinajstić information content (AvgIpc) is 2.40. The first kappa shape index (κ1) is 12.9. The second-order valence-electron chi connectivity index (χ2n) is 4.87. The standard InChI is InChI=1S/C14H20N2O2/c1-18-12-8-4-3-7-11(12)16-13(17)14(15)9-5-2-6-10-14/h3-4,7-8H,2,5-6,9-10,15H2,1H3,(H,16,17). The Kier molecular flexibility index (Phi) is 3.87. The molecular weight excluding hydrogens is 228 g/mol. The van der Waals surface area contributed by atoms with Crippen molar-refractivity contribution in [3.63, 3.8) is 0 Å². The zero-order valence-electron chi connectivity index (χ0n) is 10.7. The van der Waals surface area contributed by atoms with Gasteiger partial charge < -0.3 is 15.8 Å². The van der Waals surface area contributed by atoms with E-state index in [0.29, 0.717) is 11.4 Å². The van der Waals surface area contributed by atoms with Crippen molar-refractivity contribution in [2.75, 3.05) is 12.4 Å². The monoisotopic (exact) mass is 248 g/mol. The van der Waals surface area contributed by atoms with E-state index in [1.807, 2.05) is 24.3 Å². The van der Waals surface area contributed by atoms with Gasteiger partial charge in [0, 0.05) is 0 Å². The number of para-hydroxylation sites is 2. The molecule has 1 aliphatic rings. The van der Waals surface area contributed by atoms with Gasteiger partial charge in [-0.15, -0.1) is 0 Å². The number of benzene rings is 1. The number of carbonyl (C=O) groups excluding carboxylic acids is 1. The predicted octanol–water partition coefficient (Wildman–Crippen LogP) is 2.30. The van der Waals surface area contributed by atoms with E-state index >= 15 is 0 Å². The number of hydrogen-bond donors (Lipinski definition) is 2. The highest BCUT2D eigenvalue weighted by molar-refractivity contribution is 5.99. The zero-order valence-corrected chi connectivity index (χ0v) is 10.7. The fourth-order valence-electron chi connectivity index (χ4n) is 2.40. The van der Waals surface area contributed by atoms with E-state index < -0.39 is 5.54 Å². The fourth-order valence-corrected chi connectivity index (χ4v) is 2.40. The molecule has 0 radical (unpaired) electrons. The maximum atomic E-state index is 12.3. The van der Waals surface area contributed by atoms with Gasteiger partial charge in [0.25, 0.3) is 0 Å². The van der Waals surface area contributed by atoms with Gasteiger partial charge in [-0.2, -0.15) is 0 Å². The maximum Gasteiger partial charge on any atom is 0.244 e. The van der Waals surface area contributed by atoms with Crippen LogP contribution in [0.5, 0.6) is 5.75 Å². The minimum Gasteiger partial charge on any atom is -0.495 e. The Labute approximate surface area is 108 Å². The summed E-state index contributed by atoms with van der Waals surface area (Å²) < 4.78 is 5.21. The molecule has 1 aromatic carbocycles. The highest BCUT2D eigenvalue weighted by Crippen LogP contribution is 2.29. The van der Waals surface area contributed by atoms with E-state index in [1.165, 1.54) is 6.42 Å². The topological polar surface area (TPSA) is 64.3 Å². The van der Waals surface area contributed by atoms with Crippen LogP contribution in [0.2, 0.25) is 0 Å². The fraction of sp³-hybridized carbons (Fsp3) is 0.500. The van der Waals surface area contributed by atoms with Crippen molar-refractivity contribution >= 4 is 11.6 Å². The maximum absolute atomic E-state index is 12.3. The summed E-state index contributed by atoms with van der Waals surface area (Å²) in [6.45, 7) is 0. The van der Waals surface area contributed by atoms with E-state index in [0.717, 1.165) is 25.7 Å². The first-order valence-electron chi connectivity index (χ1n) is 6.39. The summed E-state index contributed by atoms with van der Waals surface area (Å²) in [4.78, 5) is 12.3. The SMILES string of the molecule is COc1ccccc1NC(=O)C1(N)CCCCC1. The van der Waals surface area contributed by atoms with Crippen LogP contribution in [-0.4, -0.2) is 18.6 Å². The molecule has 98 valence electrons. The van der Waals surface area contributed by atoms with Gasteiger partial charge in [-0.1, -0.05) is 31.4 Å². The molecule has 1 aliphatic carbocycles. The Morgan fingerprint density at radius 1 is 1.28 bits per heavy atom. The van der Waals surface area contributed by atoms with Gasteiger partial charge in [-0.3, -0.25) is 4.79 Å². The van der Waals surface area contributed by atoms with Crippen molar-refractivity contribution in [2.45, 2.75) is 37.6 Å². The molecule has 1 amide bonds. The van der Waals surface area contributed by atoms with E-state index in [9.17, 15) is 4.79 Å². The first-order chi connectivity index (χ1) is 8.65. The number of hydrogen-bond acceptors (Lipinski definition) is 3. The predicted molar refractivity (Wildman–Crippen MR) is 71.6 cm³/mol. The molecule has 0 unspecified atom stereocenters. The van der Waals surface area contributed by atoms with Gasteiger partial charge in [0.1, 0.15) is 5.75 Å². The van der Waals surface area contributed by atoms with Gasteiger partial charge in [0.2, 0.25) is 5.91 Å². The van der Waals surface area contributed by atoms with Crippen LogP contribution in [0.15, 0.2) is 24.3 Å². The number of amides is 1. The molecule has 0 atom stereocenters. The second kappa shape index (κ2) is 5.40. The number of methoxy groups -OCH3 is 1. The van der Waals surface area contributed by atoms with Gasteiger partial charge in [0.15, 0.2) is 0 Å². The van der Waals surface area contributed by atoms with Crippen molar-refractivity contribution < 1.29 is 9.53 Å². The number of carbonyl (C=O) groups is 1. The van der Waals surface area contributed by atoms with Crippen LogP contribution in [-0.2, 0) is 4.79 Å². The Morgan fingerprint density at radius 3 is 2.61 bits per heavy atom. The van der Waals surface area contributed by atoms with E-state index in [4.69, 9.17) is 10.5 Å². The summed E-state index contributed by atoms with van der Waals surface area (Å²) in [6, 6.07) is 7.37. The van der Waals surface area contributed by atoms with Crippen LogP contribution in [0.3, 0.4) is 0 Å². The van der Waals surface area contributed by atoms with Crippen LogP contribution in [0.25, 0.3) is 0 Å². The summed E-state index contributed by atoms with van der Waals surface area (Å²) in [5.74, 6) is 0.553. The lowest BCUT2D eigenvalue weighted by molar-refractivity contribution is -0.122. The lowest BCUT2D eigenvalue weighted by atomic mass is 9.82. The third-order valence-electron chi connectivity index (χ3n) is 3.55. The molecule has 0 saturated heterocycles. The minimum absolute atomic E-state index is 0.105. The minimum atomic E-state index is -0.723. The van der Waals surface area contributed by atoms with Crippen LogP contribution in [0.4, 0.5) is 5.69 Å². The Hall–Kier alpha value is -1.55. The molecule has 1 fully saturated rings. The van der Waals surface area contributed by atoms with Gasteiger partial charge in [-0.05, 0) is 25.0 Å². The third-order valence-corrected chi connectivity index (χ3v) is 3.55. The molecule has 4 heteroatoms. The lowest BCUT2D eigenvalue weighted by Crippen LogP contribution is -2.52. The van der Waals surface area contributed by atoms with Crippen LogP contribution in [0, 0.1) is 0 Å². The average molecular weight is 248 g/mol. The number of ether oxygens (including phenoxy) is 1.